The van der Waals surface area contributed by atoms with Crippen molar-refractivity contribution in [2.75, 3.05) is 0 Å². The molecule has 74 valence electrons. The molecule has 14 heavy (non-hydrogen) atoms. The fraction of sp³-hybridized carbons (Fsp3) is 0.455. The highest BCUT2D eigenvalue weighted by atomic mass is 16.1. The molecule has 0 aliphatic carbocycles. The molecule has 0 amide bonds. The number of rotatable bonds is 3. The Morgan fingerprint density at radius 3 is 2.86 bits per heavy atom. The lowest BCUT2D eigenvalue weighted by molar-refractivity contribution is 0.0979. The van der Waals surface area contributed by atoms with E-state index in [0.29, 0.717) is 18.5 Å². The Morgan fingerprint density at radius 2 is 2.36 bits per heavy atom. The molecule has 0 aliphatic rings. The Bertz CT molecular complexity index is 374. The highest BCUT2D eigenvalue weighted by molar-refractivity contribution is 5.94. The second kappa shape index (κ2) is 4.61. The summed E-state index contributed by atoms with van der Waals surface area (Å²) < 4.78 is 1.71. The lowest BCUT2D eigenvalue weighted by atomic mass is 10.1. The molecule has 0 bridgehead atoms. The molecule has 0 spiro atoms. The minimum atomic E-state index is 0.0662. The van der Waals surface area contributed by atoms with Gasteiger partial charge in [-0.25, -0.2) is 0 Å². The molecule has 0 N–H and O–H groups in total. The SMILES string of the molecule is CC#CCCC(=O)c1cc(C)n(C)n1. The predicted molar refractivity (Wildman–Crippen MR) is 55.0 cm³/mol. The van der Waals surface area contributed by atoms with E-state index in [1.807, 2.05) is 20.0 Å². The van der Waals surface area contributed by atoms with Crippen molar-refractivity contribution in [3.8, 4) is 11.8 Å². The van der Waals surface area contributed by atoms with Gasteiger partial charge in [-0.1, -0.05) is 0 Å². The van der Waals surface area contributed by atoms with Crippen LogP contribution >= 0.6 is 0 Å². The van der Waals surface area contributed by atoms with Crippen molar-refractivity contribution >= 4 is 5.78 Å². The fourth-order valence-corrected chi connectivity index (χ4v) is 1.13. The van der Waals surface area contributed by atoms with Crippen LogP contribution in [0.25, 0.3) is 0 Å². The lowest BCUT2D eigenvalue weighted by Gasteiger charge is -1.91. The Hall–Kier alpha value is -1.56. The topological polar surface area (TPSA) is 34.9 Å². The standard InChI is InChI=1S/C11H14N2O/c1-4-5-6-7-11(14)10-8-9(2)13(3)12-10/h8H,6-7H2,1-3H3. The summed E-state index contributed by atoms with van der Waals surface area (Å²) in [5.41, 5.74) is 1.54. The zero-order valence-corrected chi connectivity index (χ0v) is 8.79. The summed E-state index contributed by atoms with van der Waals surface area (Å²) in [7, 11) is 1.83. The molecule has 1 heterocycles. The van der Waals surface area contributed by atoms with E-state index in [4.69, 9.17) is 0 Å². The van der Waals surface area contributed by atoms with Gasteiger partial charge in [-0.2, -0.15) is 5.10 Å². The quantitative estimate of drug-likeness (QED) is 0.537. The first kappa shape index (κ1) is 10.5. The first-order valence-corrected chi connectivity index (χ1v) is 4.58. The van der Waals surface area contributed by atoms with Gasteiger partial charge in [-0.15, -0.1) is 11.8 Å². The van der Waals surface area contributed by atoms with Gasteiger partial charge in [0.05, 0.1) is 0 Å². The van der Waals surface area contributed by atoms with E-state index in [2.05, 4.69) is 16.9 Å². The maximum atomic E-state index is 11.5. The van der Waals surface area contributed by atoms with Gasteiger partial charge in [0.15, 0.2) is 5.78 Å². The van der Waals surface area contributed by atoms with E-state index in [0.717, 1.165) is 5.69 Å². The van der Waals surface area contributed by atoms with Gasteiger partial charge in [-0.3, -0.25) is 9.48 Å². The van der Waals surface area contributed by atoms with Crippen LogP contribution in [-0.4, -0.2) is 15.6 Å². The van der Waals surface area contributed by atoms with Gasteiger partial charge < -0.3 is 0 Å². The van der Waals surface area contributed by atoms with Crippen molar-refractivity contribution in [2.24, 2.45) is 7.05 Å². The number of ketones is 1. The van der Waals surface area contributed by atoms with Gasteiger partial charge in [-0.05, 0) is 19.9 Å². The molecule has 0 saturated carbocycles. The van der Waals surface area contributed by atoms with Gasteiger partial charge >= 0.3 is 0 Å². The number of Topliss-reactive ketones (excluding diaryl/α,β-unsaturated/α-hetero) is 1. The van der Waals surface area contributed by atoms with Crippen LogP contribution in [0.15, 0.2) is 6.07 Å². The van der Waals surface area contributed by atoms with E-state index < -0.39 is 0 Å². The van der Waals surface area contributed by atoms with Crippen LogP contribution in [0.3, 0.4) is 0 Å². The minimum Gasteiger partial charge on any atom is -0.292 e. The van der Waals surface area contributed by atoms with Crippen molar-refractivity contribution < 1.29 is 4.79 Å². The summed E-state index contributed by atoms with van der Waals surface area (Å²) in [4.78, 5) is 11.5. The second-order valence-corrected chi connectivity index (χ2v) is 3.14. The summed E-state index contributed by atoms with van der Waals surface area (Å²) >= 11 is 0. The molecule has 3 nitrogen and oxygen atoms in total. The molecule has 0 aliphatic heterocycles. The molecule has 0 aromatic carbocycles. The van der Waals surface area contributed by atoms with Crippen LogP contribution in [0.1, 0.15) is 35.9 Å². The molecule has 0 radical (unpaired) electrons. The summed E-state index contributed by atoms with van der Waals surface area (Å²) in [5.74, 6) is 5.69. The smallest absolute Gasteiger partial charge is 0.184 e. The van der Waals surface area contributed by atoms with E-state index in [1.165, 1.54) is 0 Å². The number of hydrogen-bond acceptors (Lipinski definition) is 2. The summed E-state index contributed by atoms with van der Waals surface area (Å²) in [6, 6.07) is 1.81. The van der Waals surface area contributed by atoms with Crippen LogP contribution in [0.2, 0.25) is 0 Å². The molecule has 1 aromatic heterocycles. The minimum absolute atomic E-state index is 0.0662. The van der Waals surface area contributed by atoms with E-state index in [9.17, 15) is 4.79 Å². The normalized spacial score (nSPS) is 9.36. The van der Waals surface area contributed by atoms with Crippen LogP contribution in [-0.2, 0) is 7.05 Å². The molecule has 0 unspecified atom stereocenters. The molecule has 0 fully saturated rings. The van der Waals surface area contributed by atoms with Crippen molar-refractivity contribution in [2.45, 2.75) is 26.7 Å². The summed E-state index contributed by atoms with van der Waals surface area (Å²) in [5, 5.41) is 4.11. The summed E-state index contributed by atoms with van der Waals surface area (Å²) in [6.45, 7) is 3.70. The van der Waals surface area contributed by atoms with Gasteiger partial charge in [0.2, 0.25) is 0 Å². The maximum absolute atomic E-state index is 11.5. The van der Waals surface area contributed by atoms with Crippen LogP contribution in [0.4, 0.5) is 0 Å². The molecular formula is C11H14N2O. The monoisotopic (exact) mass is 190 g/mol. The first-order chi connectivity index (χ1) is 6.65. The Labute approximate surface area is 84.1 Å². The third kappa shape index (κ3) is 2.46. The Kier molecular flexibility index (Phi) is 3.47. The second-order valence-electron chi connectivity index (χ2n) is 3.14. The van der Waals surface area contributed by atoms with Crippen molar-refractivity contribution in [3.05, 3.63) is 17.5 Å². The predicted octanol–water partition coefficient (Wildman–Crippen LogP) is 1.71. The van der Waals surface area contributed by atoms with Crippen LogP contribution < -0.4 is 0 Å². The van der Waals surface area contributed by atoms with E-state index in [-0.39, 0.29) is 5.78 Å². The van der Waals surface area contributed by atoms with Crippen LogP contribution in [0, 0.1) is 18.8 Å². The molecule has 3 heteroatoms. The van der Waals surface area contributed by atoms with E-state index >= 15 is 0 Å². The number of carbonyl (C=O) groups is 1. The fourth-order valence-electron chi connectivity index (χ4n) is 1.13. The third-order valence-electron chi connectivity index (χ3n) is 2.05. The average molecular weight is 190 g/mol. The number of carbonyl (C=O) groups excluding carboxylic acids is 1. The van der Waals surface area contributed by atoms with Crippen molar-refractivity contribution in [1.82, 2.24) is 9.78 Å². The number of nitrogens with zero attached hydrogens (tertiary/aromatic N) is 2. The Balaban J connectivity index is 2.64. The summed E-state index contributed by atoms with van der Waals surface area (Å²) in [6.07, 6.45) is 1.07. The number of aryl methyl sites for hydroxylation is 2. The third-order valence-corrected chi connectivity index (χ3v) is 2.05. The maximum Gasteiger partial charge on any atom is 0.184 e. The van der Waals surface area contributed by atoms with Gasteiger partial charge in [0.1, 0.15) is 5.69 Å². The molecule has 0 atom stereocenters. The van der Waals surface area contributed by atoms with Gasteiger partial charge in [0.25, 0.3) is 0 Å². The molecule has 0 saturated heterocycles. The first-order valence-electron chi connectivity index (χ1n) is 4.58. The molecular weight excluding hydrogens is 176 g/mol. The van der Waals surface area contributed by atoms with Gasteiger partial charge in [0, 0.05) is 25.6 Å². The zero-order chi connectivity index (χ0) is 10.6. The molecule has 1 aromatic rings. The zero-order valence-electron chi connectivity index (χ0n) is 8.79. The lowest BCUT2D eigenvalue weighted by Crippen LogP contribution is -2.01. The highest BCUT2D eigenvalue weighted by Gasteiger charge is 2.09. The van der Waals surface area contributed by atoms with Crippen molar-refractivity contribution in [3.63, 3.8) is 0 Å². The number of hydrogen-bond donors (Lipinski definition) is 0. The average Bonchev–Trinajstić information content (AvgIpc) is 2.47. The number of aromatic nitrogens is 2. The molecule has 1 rings (SSSR count). The van der Waals surface area contributed by atoms with Crippen molar-refractivity contribution in [1.29, 1.82) is 0 Å². The van der Waals surface area contributed by atoms with Crippen LogP contribution in [0.5, 0.6) is 0 Å². The Morgan fingerprint density at radius 1 is 1.64 bits per heavy atom. The highest BCUT2D eigenvalue weighted by Crippen LogP contribution is 2.05. The van der Waals surface area contributed by atoms with E-state index in [1.54, 1.807) is 11.6 Å². The largest absolute Gasteiger partial charge is 0.292 e.